The average Bonchev–Trinajstić information content (AvgIpc) is 2.30. The number of hydrogen-bond acceptors (Lipinski definition) is 4. The lowest BCUT2D eigenvalue weighted by Crippen LogP contribution is -2.35. The lowest BCUT2D eigenvalue weighted by molar-refractivity contribution is 0.245. The quantitative estimate of drug-likeness (QED) is 0.784. The first-order chi connectivity index (χ1) is 7.29. The lowest BCUT2D eigenvalue weighted by atomic mass is 10.0. The van der Waals surface area contributed by atoms with Crippen molar-refractivity contribution in [2.75, 3.05) is 13.2 Å². The highest BCUT2D eigenvalue weighted by Crippen LogP contribution is 2.19. The van der Waals surface area contributed by atoms with Crippen LogP contribution in [0.15, 0.2) is 18.5 Å². The largest absolute Gasteiger partial charge is 0.395 e. The molecule has 0 amide bonds. The number of halogens is 1. The van der Waals surface area contributed by atoms with Gasteiger partial charge in [-0.2, -0.15) is 0 Å². The fourth-order valence-corrected chi connectivity index (χ4v) is 1.66. The van der Waals surface area contributed by atoms with E-state index >= 15 is 0 Å². The highest BCUT2D eigenvalue weighted by atomic mass is 35.5. The topological polar surface area (TPSA) is 58.0 Å². The summed E-state index contributed by atoms with van der Waals surface area (Å²) in [6.07, 6.45) is 5.95. The van der Waals surface area contributed by atoms with Gasteiger partial charge in [0.05, 0.1) is 11.6 Å². The molecular formula is C10H12ClN3O. The van der Waals surface area contributed by atoms with Crippen LogP contribution in [0.5, 0.6) is 0 Å². The molecule has 0 saturated heterocycles. The Hall–Kier alpha value is -0.970. The van der Waals surface area contributed by atoms with Crippen molar-refractivity contribution in [3.05, 3.63) is 29.3 Å². The van der Waals surface area contributed by atoms with Crippen molar-refractivity contribution in [3.8, 4) is 0 Å². The Morgan fingerprint density at radius 1 is 1.47 bits per heavy atom. The summed E-state index contributed by atoms with van der Waals surface area (Å²) in [5.41, 5.74) is 1.06. The van der Waals surface area contributed by atoms with Crippen LogP contribution in [0.25, 0.3) is 5.57 Å². The number of aliphatic hydroxyl groups excluding tert-OH is 1. The molecule has 0 saturated carbocycles. The van der Waals surface area contributed by atoms with E-state index in [1.807, 2.05) is 6.08 Å². The summed E-state index contributed by atoms with van der Waals surface area (Å²) in [6.45, 7) is 0.872. The number of hydrogen-bond donors (Lipinski definition) is 2. The van der Waals surface area contributed by atoms with Gasteiger partial charge in [0.25, 0.3) is 0 Å². The zero-order valence-electron chi connectivity index (χ0n) is 8.15. The van der Waals surface area contributed by atoms with E-state index in [0.29, 0.717) is 10.8 Å². The molecule has 0 aliphatic carbocycles. The first-order valence-electron chi connectivity index (χ1n) is 4.81. The van der Waals surface area contributed by atoms with E-state index < -0.39 is 0 Å². The molecule has 0 fully saturated rings. The third-order valence-corrected chi connectivity index (χ3v) is 2.54. The molecule has 1 aliphatic rings. The molecule has 2 heterocycles. The number of nitrogens with zero attached hydrogens (tertiary/aromatic N) is 2. The predicted octanol–water partition coefficient (Wildman–Crippen LogP) is 0.868. The summed E-state index contributed by atoms with van der Waals surface area (Å²) in [5.74, 6) is 0.694. The number of rotatable bonds is 2. The van der Waals surface area contributed by atoms with Gasteiger partial charge in [-0.15, -0.1) is 0 Å². The Bertz CT molecular complexity index is 363. The Morgan fingerprint density at radius 3 is 2.87 bits per heavy atom. The van der Waals surface area contributed by atoms with E-state index in [2.05, 4.69) is 15.3 Å². The summed E-state index contributed by atoms with van der Waals surface area (Å²) in [5, 5.41) is 12.8. The monoisotopic (exact) mass is 225 g/mol. The zero-order valence-corrected chi connectivity index (χ0v) is 8.91. The Kier molecular flexibility index (Phi) is 3.30. The summed E-state index contributed by atoms with van der Waals surface area (Å²) >= 11 is 5.71. The van der Waals surface area contributed by atoms with E-state index in [0.717, 1.165) is 18.5 Å². The van der Waals surface area contributed by atoms with Crippen molar-refractivity contribution in [3.63, 3.8) is 0 Å². The van der Waals surface area contributed by atoms with Crippen LogP contribution in [0.3, 0.4) is 0 Å². The van der Waals surface area contributed by atoms with Gasteiger partial charge in [-0.05, 0) is 12.0 Å². The minimum absolute atomic E-state index is 0.101. The van der Waals surface area contributed by atoms with Crippen LogP contribution in [-0.4, -0.2) is 34.3 Å². The van der Waals surface area contributed by atoms with Crippen LogP contribution in [0.4, 0.5) is 0 Å². The molecular weight excluding hydrogens is 214 g/mol. The standard InChI is InChI=1S/C10H12ClN3O/c11-8-4-13-10(14-5-8)7-1-2-12-9(3-7)6-15/h1,4-5,9,12,15H,2-3,6H2/t9-/m1/s1. The molecule has 1 aliphatic heterocycles. The molecule has 4 nitrogen and oxygen atoms in total. The Morgan fingerprint density at radius 2 is 2.20 bits per heavy atom. The van der Waals surface area contributed by atoms with Gasteiger partial charge in [0.1, 0.15) is 0 Å². The van der Waals surface area contributed by atoms with Crippen molar-refractivity contribution in [1.82, 2.24) is 15.3 Å². The Balaban J connectivity index is 2.17. The fourth-order valence-electron chi connectivity index (χ4n) is 1.56. The normalized spacial score (nSPS) is 21.2. The first-order valence-corrected chi connectivity index (χ1v) is 5.18. The molecule has 15 heavy (non-hydrogen) atoms. The van der Waals surface area contributed by atoms with Gasteiger partial charge in [-0.1, -0.05) is 17.7 Å². The van der Waals surface area contributed by atoms with Gasteiger partial charge in [-0.25, -0.2) is 9.97 Å². The molecule has 1 aromatic heterocycles. The highest BCUT2D eigenvalue weighted by Gasteiger charge is 2.16. The second kappa shape index (κ2) is 4.70. The second-order valence-electron chi connectivity index (χ2n) is 3.45. The van der Waals surface area contributed by atoms with E-state index in [9.17, 15) is 0 Å². The van der Waals surface area contributed by atoms with Crippen molar-refractivity contribution in [2.45, 2.75) is 12.5 Å². The van der Waals surface area contributed by atoms with Crippen LogP contribution in [0, 0.1) is 0 Å². The Labute approximate surface area is 93.0 Å². The maximum atomic E-state index is 9.05. The second-order valence-corrected chi connectivity index (χ2v) is 3.88. The van der Waals surface area contributed by atoms with Gasteiger partial charge in [0.2, 0.25) is 0 Å². The van der Waals surface area contributed by atoms with E-state index in [1.54, 1.807) is 12.4 Å². The minimum atomic E-state index is 0.101. The number of aliphatic hydroxyl groups is 1. The lowest BCUT2D eigenvalue weighted by Gasteiger charge is -2.21. The van der Waals surface area contributed by atoms with Gasteiger partial charge in [-0.3, -0.25) is 0 Å². The molecule has 0 spiro atoms. The van der Waals surface area contributed by atoms with Crippen molar-refractivity contribution in [2.24, 2.45) is 0 Å². The zero-order chi connectivity index (χ0) is 10.7. The summed E-state index contributed by atoms with van der Waals surface area (Å²) in [7, 11) is 0. The first kappa shape index (κ1) is 10.5. The van der Waals surface area contributed by atoms with E-state index in [1.165, 1.54) is 0 Å². The number of aromatic nitrogens is 2. The molecule has 0 radical (unpaired) electrons. The third-order valence-electron chi connectivity index (χ3n) is 2.35. The molecule has 0 aromatic carbocycles. The highest BCUT2D eigenvalue weighted by molar-refractivity contribution is 6.30. The molecule has 80 valence electrons. The maximum Gasteiger partial charge on any atom is 0.154 e. The van der Waals surface area contributed by atoms with E-state index in [4.69, 9.17) is 16.7 Å². The summed E-state index contributed by atoms with van der Waals surface area (Å²) in [4.78, 5) is 8.30. The SMILES string of the molecule is OC[C@H]1CC(c2ncc(Cl)cn2)=CCN1. The van der Waals surface area contributed by atoms with Crippen molar-refractivity contribution in [1.29, 1.82) is 0 Å². The van der Waals surface area contributed by atoms with Crippen molar-refractivity contribution < 1.29 is 5.11 Å². The number of nitrogens with one attached hydrogen (secondary N) is 1. The average molecular weight is 226 g/mol. The predicted molar refractivity (Wildman–Crippen MR) is 58.5 cm³/mol. The molecule has 2 N–H and O–H groups in total. The molecule has 1 atom stereocenters. The fraction of sp³-hybridized carbons (Fsp3) is 0.400. The van der Waals surface area contributed by atoms with Crippen LogP contribution < -0.4 is 5.32 Å². The van der Waals surface area contributed by atoms with Gasteiger partial charge < -0.3 is 10.4 Å². The van der Waals surface area contributed by atoms with Crippen LogP contribution >= 0.6 is 11.6 Å². The molecule has 0 bridgehead atoms. The van der Waals surface area contributed by atoms with Gasteiger partial charge in [0, 0.05) is 25.0 Å². The molecule has 1 aromatic rings. The summed E-state index contributed by atoms with van der Waals surface area (Å²) in [6, 6.07) is 0.101. The van der Waals surface area contributed by atoms with Crippen LogP contribution in [-0.2, 0) is 0 Å². The van der Waals surface area contributed by atoms with Gasteiger partial charge in [0.15, 0.2) is 5.82 Å². The minimum Gasteiger partial charge on any atom is -0.395 e. The molecule has 2 rings (SSSR count). The molecule has 0 unspecified atom stereocenters. The molecule has 5 heteroatoms. The van der Waals surface area contributed by atoms with Crippen molar-refractivity contribution >= 4 is 17.2 Å². The van der Waals surface area contributed by atoms with E-state index in [-0.39, 0.29) is 12.6 Å². The van der Waals surface area contributed by atoms with Crippen LogP contribution in [0.1, 0.15) is 12.2 Å². The maximum absolute atomic E-state index is 9.05. The van der Waals surface area contributed by atoms with Gasteiger partial charge >= 0.3 is 0 Å². The van der Waals surface area contributed by atoms with Crippen LogP contribution in [0.2, 0.25) is 5.02 Å². The summed E-state index contributed by atoms with van der Waals surface area (Å²) < 4.78 is 0. The third kappa shape index (κ3) is 2.53. The smallest absolute Gasteiger partial charge is 0.154 e.